The molecule has 0 heterocycles. The predicted molar refractivity (Wildman–Crippen MR) is 72.6 cm³/mol. The van der Waals surface area contributed by atoms with Gasteiger partial charge in [0.25, 0.3) is 0 Å². The van der Waals surface area contributed by atoms with Gasteiger partial charge in [0.2, 0.25) is 5.91 Å². The van der Waals surface area contributed by atoms with Crippen molar-refractivity contribution in [1.82, 2.24) is 10.2 Å². The summed E-state index contributed by atoms with van der Waals surface area (Å²) in [7, 11) is 1.81. The van der Waals surface area contributed by atoms with Crippen molar-refractivity contribution in [2.24, 2.45) is 0 Å². The summed E-state index contributed by atoms with van der Waals surface area (Å²) in [4.78, 5) is 13.2. The van der Waals surface area contributed by atoms with Gasteiger partial charge in [-0.1, -0.05) is 12.1 Å². The normalized spacial score (nSPS) is 10.2. The maximum absolute atomic E-state index is 11.5. The van der Waals surface area contributed by atoms with E-state index in [1.165, 1.54) is 0 Å². The first kappa shape index (κ1) is 14.5. The lowest BCUT2D eigenvalue weighted by Gasteiger charge is -2.14. The topological polar surface area (TPSA) is 41.6 Å². The number of nitrogens with zero attached hydrogens (tertiary/aromatic N) is 1. The number of ether oxygens (including phenoxy) is 1. The van der Waals surface area contributed by atoms with Gasteiger partial charge in [-0.25, -0.2) is 0 Å². The molecule has 4 heteroatoms. The van der Waals surface area contributed by atoms with Crippen LogP contribution < -0.4 is 10.1 Å². The van der Waals surface area contributed by atoms with Crippen molar-refractivity contribution in [2.45, 2.75) is 20.4 Å². The average molecular weight is 250 g/mol. The minimum Gasteiger partial charge on any atom is -0.494 e. The molecule has 0 spiro atoms. The van der Waals surface area contributed by atoms with Crippen LogP contribution in [0.1, 0.15) is 19.4 Å². The minimum atomic E-state index is 0.114. The van der Waals surface area contributed by atoms with Gasteiger partial charge >= 0.3 is 0 Å². The Bertz CT molecular complexity index is 363. The van der Waals surface area contributed by atoms with Crippen LogP contribution in [0.4, 0.5) is 0 Å². The Labute approximate surface area is 109 Å². The summed E-state index contributed by atoms with van der Waals surface area (Å²) in [5.41, 5.74) is 1.14. The summed E-state index contributed by atoms with van der Waals surface area (Å²) in [5, 5.41) is 3.14. The van der Waals surface area contributed by atoms with Crippen molar-refractivity contribution in [3.8, 4) is 5.75 Å². The molecule has 0 aromatic heterocycles. The zero-order valence-electron chi connectivity index (χ0n) is 11.4. The third-order valence-corrected chi connectivity index (χ3v) is 2.74. The highest BCUT2D eigenvalue weighted by Gasteiger charge is 2.05. The van der Waals surface area contributed by atoms with Crippen LogP contribution >= 0.6 is 0 Å². The number of amides is 1. The molecule has 0 aliphatic carbocycles. The number of carbonyl (C=O) groups is 1. The van der Waals surface area contributed by atoms with Crippen molar-refractivity contribution in [3.63, 3.8) is 0 Å². The van der Waals surface area contributed by atoms with Gasteiger partial charge in [0, 0.05) is 20.1 Å². The van der Waals surface area contributed by atoms with Crippen molar-refractivity contribution >= 4 is 5.91 Å². The third-order valence-electron chi connectivity index (χ3n) is 2.74. The number of hydrogen-bond donors (Lipinski definition) is 1. The molecule has 0 fully saturated rings. The van der Waals surface area contributed by atoms with E-state index in [9.17, 15) is 4.79 Å². The minimum absolute atomic E-state index is 0.114. The summed E-state index contributed by atoms with van der Waals surface area (Å²) >= 11 is 0. The van der Waals surface area contributed by atoms with Crippen molar-refractivity contribution in [2.75, 3.05) is 26.7 Å². The van der Waals surface area contributed by atoms with Crippen LogP contribution in [-0.4, -0.2) is 37.6 Å². The maximum atomic E-state index is 11.5. The SMILES string of the molecule is CCOc1ccc(CNCC(=O)N(C)CC)cc1. The van der Waals surface area contributed by atoms with Gasteiger partial charge in [-0.2, -0.15) is 0 Å². The van der Waals surface area contributed by atoms with Crippen LogP contribution in [0.15, 0.2) is 24.3 Å². The summed E-state index contributed by atoms with van der Waals surface area (Å²) in [6, 6.07) is 7.90. The van der Waals surface area contributed by atoms with E-state index in [4.69, 9.17) is 4.74 Å². The summed E-state index contributed by atoms with van der Waals surface area (Å²) in [6.07, 6.45) is 0. The Morgan fingerprint density at radius 1 is 1.28 bits per heavy atom. The highest BCUT2D eigenvalue weighted by atomic mass is 16.5. The summed E-state index contributed by atoms with van der Waals surface area (Å²) < 4.78 is 5.37. The number of hydrogen-bond acceptors (Lipinski definition) is 3. The molecule has 1 rings (SSSR count). The smallest absolute Gasteiger partial charge is 0.236 e. The molecule has 1 N–H and O–H groups in total. The molecule has 0 bridgehead atoms. The van der Waals surface area contributed by atoms with Crippen LogP contribution in [0.3, 0.4) is 0 Å². The first-order valence-corrected chi connectivity index (χ1v) is 6.33. The molecule has 0 saturated heterocycles. The molecular weight excluding hydrogens is 228 g/mol. The van der Waals surface area contributed by atoms with Crippen LogP contribution in [0.5, 0.6) is 5.75 Å². The molecule has 0 aliphatic rings. The van der Waals surface area contributed by atoms with E-state index < -0.39 is 0 Å². The second-order valence-electron chi connectivity index (χ2n) is 4.09. The quantitative estimate of drug-likeness (QED) is 0.800. The lowest BCUT2D eigenvalue weighted by atomic mass is 10.2. The third kappa shape index (κ3) is 4.75. The zero-order valence-corrected chi connectivity index (χ0v) is 11.4. The first-order chi connectivity index (χ1) is 8.67. The fourth-order valence-corrected chi connectivity index (χ4v) is 1.50. The van der Waals surface area contributed by atoms with Gasteiger partial charge < -0.3 is 15.0 Å². The molecule has 4 nitrogen and oxygen atoms in total. The van der Waals surface area contributed by atoms with Crippen molar-refractivity contribution < 1.29 is 9.53 Å². The Kier molecular flexibility index (Phi) is 6.22. The maximum Gasteiger partial charge on any atom is 0.236 e. The number of nitrogens with one attached hydrogen (secondary N) is 1. The van der Waals surface area contributed by atoms with E-state index >= 15 is 0 Å². The van der Waals surface area contributed by atoms with Crippen molar-refractivity contribution in [3.05, 3.63) is 29.8 Å². The van der Waals surface area contributed by atoms with Gasteiger partial charge in [-0.05, 0) is 31.5 Å². The van der Waals surface area contributed by atoms with Crippen LogP contribution in [0.2, 0.25) is 0 Å². The molecule has 1 aromatic rings. The average Bonchev–Trinajstić information content (AvgIpc) is 2.40. The number of likely N-dealkylation sites (N-methyl/N-ethyl adjacent to an activating group) is 1. The van der Waals surface area contributed by atoms with Gasteiger partial charge in [0.1, 0.15) is 5.75 Å². The zero-order chi connectivity index (χ0) is 13.4. The fraction of sp³-hybridized carbons (Fsp3) is 0.500. The van der Waals surface area contributed by atoms with E-state index in [0.29, 0.717) is 19.7 Å². The summed E-state index contributed by atoms with van der Waals surface area (Å²) in [5.74, 6) is 0.992. The molecule has 0 atom stereocenters. The van der Waals surface area contributed by atoms with Gasteiger partial charge in [0.05, 0.1) is 13.2 Å². The molecule has 18 heavy (non-hydrogen) atoms. The molecule has 0 saturated carbocycles. The molecule has 1 amide bonds. The Morgan fingerprint density at radius 3 is 2.50 bits per heavy atom. The van der Waals surface area contributed by atoms with Gasteiger partial charge in [0.15, 0.2) is 0 Å². The van der Waals surface area contributed by atoms with Gasteiger partial charge in [-0.15, -0.1) is 0 Å². The second kappa shape index (κ2) is 7.71. The van der Waals surface area contributed by atoms with E-state index in [1.807, 2.05) is 38.1 Å². The van der Waals surface area contributed by atoms with Crippen LogP contribution in [0, 0.1) is 0 Å². The van der Waals surface area contributed by atoms with Crippen molar-refractivity contribution in [1.29, 1.82) is 0 Å². The number of rotatable bonds is 7. The lowest BCUT2D eigenvalue weighted by Crippen LogP contribution is -2.35. The Morgan fingerprint density at radius 2 is 1.94 bits per heavy atom. The fourth-order valence-electron chi connectivity index (χ4n) is 1.50. The highest BCUT2D eigenvalue weighted by Crippen LogP contribution is 2.11. The Hall–Kier alpha value is -1.55. The summed E-state index contributed by atoms with van der Waals surface area (Å²) in [6.45, 7) is 6.40. The molecule has 0 unspecified atom stereocenters. The van der Waals surface area contributed by atoms with E-state index in [1.54, 1.807) is 11.9 Å². The van der Waals surface area contributed by atoms with Gasteiger partial charge in [-0.3, -0.25) is 4.79 Å². The molecule has 0 radical (unpaired) electrons. The number of benzene rings is 1. The van der Waals surface area contributed by atoms with Crippen LogP contribution in [-0.2, 0) is 11.3 Å². The molecular formula is C14H22N2O2. The second-order valence-corrected chi connectivity index (χ2v) is 4.09. The van der Waals surface area contributed by atoms with E-state index in [2.05, 4.69) is 5.32 Å². The predicted octanol–water partition coefficient (Wildman–Crippen LogP) is 1.65. The number of carbonyl (C=O) groups excluding carboxylic acids is 1. The van der Waals surface area contributed by atoms with Crippen LogP contribution in [0.25, 0.3) is 0 Å². The highest BCUT2D eigenvalue weighted by molar-refractivity contribution is 5.77. The molecule has 0 aliphatic heterocycles. The van der Waals surface area contributed by atoms with E-state index in [0.717, 1.165) is 17.9 Å². The largest absolute Gasteiger partial charge is 0.494 e. The Balaban J connectivity index is 2.33. The molecule has 1 aromatic carbocycles. The monoisotopic (exact) mass is 250 g/mol. The molecule has 100 valence electrons. The van der Waals surface area contributed by atoms with E-state index in [-0.39, 0.29) is 5.91 Å². The lowest BCUT2D eigenvalue weighted by molar-refractivity contribution is -0.128. The first-order valence-electron chi connectivity index (χ1n) is 6.33. The standard InChI is InChI=1S/C14H22N2O2/c1-4-16(3)14(17)11-15-10-12-6-8-13(9-7-12)18-5-2/h6-9,15H,4-5,10-11H2,1-3H3.